The normalized spacial score (nSPS) is 20.5. The summed E-state index contributed by atoms with van der Waals surface area (Å²) in [5.41, 5.74) is 2.57. The number of aliphatic imine (C=N–C) groups is 1. The molecule has 0 aliphatic carbocycles. The molecule has 4 rings (SSSR count). The Balaban J connectivity index is 0.00000272. The molecule has 7 nitrogen and oxygen atoms in total. The highest BCUT2D eigenvalue weighted by atomic mass is 127. The van der Waals surface area contributed by atoms with Crippen LogP contribution in [0.25, 0.3) is 0 Å². The van der Waals surface area contributed by atoms with Crippen LogP contribution in [0, 0.1) is 0 Å². The number of aromatic nitrogens is 2. The van der Waals surface area contributed by atoms with Crippen LogP contribution in [0.2, 0.25) is 0 Å². The number of ether oxygens (including phenoxy) is 1. The van der Waals surface area contributed by atoms with E-state index in [9.17, 15) is 0 Å². The largest absolute Gasteiger partial charge is 0.496 e. The molecule has 8 heteroatoms. The third-order valence-corrected chi connectivity index (χ3v) is 6.43. The average molecular weight is 538 g/mol. The quantitative estimate of drug-likeness (QED) is 0.348. The zero-order chi connectivity index (χ0) is 20.9. The molecule has 2 fully saturated rings. The van der Waals surface area contributed by atoms with Gasteiger partial charge in [0.1, 0.15) is 5.75 Å². The fourth-order valence-electron chi connectivity index (χ4n) is 4.83. The van der Waals surface area contributed by atoms with Crippen molar-refractivity contribution in [1.29, 1.82) is 0 Å². The molecular formula is C23H35IN6O. The van der Waals surface area contributed by atoms with Gasteiger partial charge in [-0.3, -0.25) is 14.6 Å². The number of rotatable bonds is 6. The van der Waals surface area contributed by atoms with E-state index in [0.29, 0.717) is 5.92 Å². The first-order chi connectivity index (χ1) is 14.7. The summed E-state index contributed by atoms with van der Waals surface area (Å²) in [5.74, 6) is 2.46. The maximum atomic E-state index is 5.68. The van der Waals surface area contributed by atoms with Crippen LogP contribution in [0.5, 0.6) is 5.75 Å². The summed E-state index contributed by atoms with van der Waals surface area (Å²) in [4.78, 5) is 9.54. The Kier molecular flexibility index (Phi) is 8.59. The van der Waals surface area contributed by atoms with Crippen molar-refractivity contribution in [3.8, 4) is 5.75 Å². The predicted octanol–water partition coefficient (Wildman–Crippen LogP) is 3.25. The van der Waals surface area contributed by atoms with E-state index in [-0.39, 0.29) is 30.0 Å². The standard InChI is InChI=1S/C23H34N6O.HI/c1-24-23(29-13-10-18(17-29)19-14-26-27(2)16-19)25-15-21(28-11-6-7-12-28)20-8-4-5-9-22(20)30-3;/h4-5,8-9,14,16,18,21H,6-7,10-13,15,17H2,1-3H3,(H,24,25);1H. The molecule has 2 aliphatic rings. The van der Waals surface area contributed by atoms with Gasteiger partial charge in [0.25, 0.3) is 0 Å². The molecule has 2 atom stereocenters. The highest BCUT2D eigenvalue weighted by Crippen LogP contribution is 2.31. The average Bonchev–Trinajstić information content (AvgIpc) is 3.53. The second-order valence-electron chi connectivity index (χ2n) is 8.31. The molecule has 1 N–H and O–H groups in total. The second kappa shape index (κ2) is 11.2. The van der Waals surface area contributed by atoms with Crippen molar-refractivity contribution >= 4 is 29.9 Å². The van der Waals surface area contributed by atoms with Crippen molar-refractivity contribution in [3.63, 3.8) is 0 Å². The molecule has 2 saturated heterocycles. The van der Waals surface area contributed by atoms with Gasteiger partial charge in [0, 0.05) is 51.4 Å². The van der Waals surface area contributed by atoms with E-state index in [0.717, 1.165) is 50.9 Å². The van der Waals surface area contributed by atoms with Gasteiger partial charge in [-0.25, -0.2) is 0 Å². The molecule has 3 heterocycles. The smallest absolute Gasteiger partial charge is 0.193 e. The van der Waals surface area contributed by atoms with E-state index >= 15 is 0 Å². The minimum absolute atomic E-state index is 0. The Hall–Kier alpha value is -1.81. The lowest BCUT2D eigenvalue weighted by atomic mass is 10.0. The van der Waals surface area contributed by atoms with Crippen LogP contribution in [-0.2, 0) is 7.05 Å². The maximum Gasteiger partial charge on any atom is 0.193 e. The summed E-state index contributed by atoms with van der Waals surface area (Å²) in [6.07, 6.45) is 7.79. The van der Waals surface area contributed by atoms with Gasteiger partial charge in [-0.15, -0.1) is 24.0 Å². The highest BCUT2D eigenvalue weighted by molar-refractivity contribution is 14.0. The third-order valence-electron chi connectivity index (χ3n) is 6.43. The predicted molar refractivity (Wildman–Crippen MR) is 135 cm³/mol. The lowest BCUT2D eigenvalue weighted by Crippen LogP contribution is -2.44. The number of likely N-dealkylation sites (tertiary alicyclic amines) is 2. The molecule has 0 spiro atoms. The van der Waals surface area contributed by atoms with Crippen LogP contribution in [0.1, 0.15) is 42.3 Å². The summed E-state index contributed by atoms with van der Waals surface area (Å²) < 4.78 is 7.57. The topological polar surface area (TPSA) is 57.9 Å². The Bertz CT molecular complexity index is 863. The number of benzene rings is 1. The van der Waals surface area contributed by atoms with Crippen LogP contribution in [0.15, 0.2) is 41.7 Å². The number of hydrogen-bond acceptors (Lipinski definition) is 4. The van der Waals surface area contributed by atoms with Crippen LogP contribution >= 0.6 is 24.0 Å². The van der Waals surface area contributed by atoms with Crippen molar-refractivity contribution in [1.82, 2.24) is 24.9 Å². The highest BCUT2D eigenvalue weighted by Gasteiger charge is 2.29. The van der Waals surface area contributed by atoms with Gasteiger partial charge in [-0.2, -0.15) is 5.10 Å². The van der Waals surface area contributed by atoms with Gasteiger partial charge in [-0.1, -0.05) is 18.2 Å². The van der Waals surface area contributed by atoms with Gasteiger partial charge in [0.2, 0.25) is 0 Å². The van der Waals surface area contributed by atoms with Crippen molar-refractivity contribution in [3.05, 3.63) is 47.8 Å². The van der Waals surface area contributed by atoms with E-state index in [1.165, 1.54) is 24.0 Å². The molecule has 0 radical (unpaired) electrons. The Morgan fingerprint density at radius 2 is 2.03 bits per heavy atom. The number of hydrogen-bond donors (Lipinski definition) is 1. The zero-order valence-corrected chi connectivity index (χ0v) is 21.2. The van der Waals surface area contributed by atoms with E-state index in [1.54, 1.807) is 7.11 Å². The molecule has 2 aliphatic heterocycles. The van der Waals surface area contributed by atoms with Gasteiger partial charge >= 0.3 is 0 Å². The van der Waals surface area contributed by atoms with E-state index < -0.39 is 0 Å². The summed E-state index contributed by atoms with van der Waals surface area (Å²) in [7, 11) is 5.62. The molecular weight excluding hydrogens is 503 g/mol. The molecule has 0 bridgehead atoms. The first-order valence-corrected chi connectivity index (χ1v) is 11.0. The summed E-state index contributed by atoms with van der Waals surface area (Å²) >= 11 is 0. The van der Waals surface area contributed by atoms with Gasteiger partial charge in [0.05, 0.1) is 19.3 Å². The zero-order valence-electron chi connectivity index (χ0n) is 18.8. The van der Waals surface area contributed by atoms with Crippen molar-refractivity contribution in [2.45, 2.75) is 31.2 Å². The fraction of sp³-hybridized carbons (Fsp3) is 0.565. The lowest BCUT2D eigenvalue weighted by molar-refractivity contribution is 0.238. The first kappa shape index (κ1) is 23.8. The van der Waals surface area contributed by atoms with Gasteiger partial charge in [0.15, 0.2) is 5.96 Å². The van der Waals surface area contributed by atoms with Crippen LogP contribution < -0.4 is 10.1 Å². The Morgan fingerprint density at radius 1 is 1.26 bits per heavy atom. The van der Waals surface area contributed by atoms with E-state index in [4.69, 9.17) is 4.74 Å². The number of para-hydroxylation sites is 1. The number of aryl methyl sites for hydroxylation is 1. The molecule has 2 unspecified atom stereocenters. The Labute approximate surface area is 202 Å². The Morgan fingerprint density at radius 3 is 2.71 bits per heavy atom. The molecule has 1 aromatic carbocycles. The van der Waals surface area contributed by atoms with Gasteiger partial charge < -0.3 is 15.0 Å². The first-order valence-electron chi connectivity index (χ1n) is 11.0. The minimum atomic E-state index is 0. The van der Waals surface area contributed by atoms with Crippen LogP contribution in [0.4, 0.5) is 0 Å². The summed E-state index contributed by atoms with van der Waals surface area (Å²) in [6, 6.07) is 8.68. The number of methoxy groups -OCH3 is 1. The van der Waals surface area contributed by atoms with Crippen molar-refractivity contribution in [2.24, 2.45) is 12.0 Å². The molecule has 1 aromatic heterocycles. The number of guanidine groups is 1. The monoisotopic (exact) mass is 538 g/mol. The number of nitrogens with zero attached hydrogens (tertiary/aromatic N) is 5. The van der Waals surface area contributed by atoms with Crippen LogP contribution in [0.3, 0.4) is 0 Å². The molecule has 0 saturated carbocycles. The number of halogens is 1. The number of nitrogens with one attached hydrogen (secondary N) is 1. The summed E-state index contributed by atoms with van der Waals surface area (Å²) in [6.45, 7) is 5.09. The fourth-order valence-corrected chi connectivity index (χ4v) is 4.83. The molecule has 2 aromatic rings. The summed E-state index contributed by atoms with van der Waals surface area (Å²) in [5, 5.41) is 8.01. The van der Waals surface area contributed by atoms with Gasteiger partial charge in [-0.05, 0) is 44.0 Å². The second-order valence-corrected chi connectivity index (χ2v) is 8.31. The third kappa shape index (κ3) is 5.52. The van der Waals surface area contributed by atoms with Crippen molar-refractivity contribution in [2.75, 3.05) is 46.9 Å². The molecule has 170 valence electrons. The lowest BCUT2D eigenvalue weighted by Gasteiger charge is -2.31. The molecule has 0 amide bonds. The van der Waals surface area contributed by atoms with Crippen molar-refractivity contribution < 1.29 is 4.74 Å². The van der Waals surface area contributed by atoms with E-state index in [1.807, 2.05) is 31.0 Å². The van der Waals surface area contributed by atoms with E-state index in [2.05, 4.69) is 49.6 Å². The molecule has 31 heavy (non-hydrogen) atoms. The SMILES string of the molecule is CN=C(NCC(c1ccccc1OC)N1CCCC1)N1CCC(c2cnn(C)c2)C1.I. The maximum absolute atomic E-state index is 5.68. The minimum Gasteiger partial charge on any atom is -0.496 e. The van der Waals surface area contributed by atoms with Crippen LogP contribution in [-0.4, -0.2) is 72.4 Å².